The molecule has 1 aliphatic heterocycles. The molecular formula is C46H84O9. The second-order valence-electron chi connectivity index (χ2n) is 15.5. The molecule has 1 aliphatic rings. The number of ether oxygens (including phenoxy) is 4. The number of esters is 1. The molecule has 0 amide bonds. The Bertz CT molecular complexity index is 936. The summed E-state index contributed by atoms with van der Waals surface area (Å²) in [6.45, 7) is 4.50. The quantitative estimate of drug-likeness (QED) is 0.0274. The van der Waals surface area contributed by atoms with Crippen LogP contribution in [0.5, 0.6) is 0 Å². The number of aliphatic hydroxyl groups is 4. The van der Waals surface area contributed by atoms with Gasteiger partial charge >= 0.3 is 5.97 Å². The molecule has 1 rings (SSSR count). The number of rotatable bonds is 38. The number of hydrogen-bond acceptors (Lipinski definition) is 9. The second-order valence-corrected chi connectivity index (χ2v) is 15.5. The third-order valence-corrected chi connectivity index (χ3v) is 10.3. The van der Waals surface area contributed by atoms with Crippen LogP contribution in [-0.4, -0.2) is 89.6 Å². The van der Waals surface area contributed by atoms with Crippen molar-refractivity contribution in [2.75, 3.05) is 26.4 Å². The zero-order chi connectivity index (χ0) is 40.0. The molecule has 0 aliphatic carbocycles. The Morgan fingerprint density at radius 1 is 0.582 bits per heavy atom. The molecule has 4 N–H and O–H groups in total. The van der Waals surface area contributed by atoms with E-state index >= 15 is 0 Å². The molecule has 9 nitrogen and oxygen atoms in total. The lowest BCUT2D eigenvalue weighted by Crippen LogP contribution is -2.59. The fourth-order valence-corrected chi connectivity index (χ4v) is 6.69. The SMILES string of the molecule is CCCCC/C=C\C/C=C\CCCCCCCCCCCC(=O)OC(COCCCCCCCC/C=C\CCCCC)COC1OC(CO)C(O)C(O)C1O. The Hall–Kier alpha value is -1.59. The summed E-state index contributed by atoms with van der Waals surface area (Å²) in [5, 5.41) is 40.1. The topological polar surface area (TPSA) is 135 Å². The largest absolute Gasteiger partial charge is 0.457 e. The molecule has 0 aromatic carbocycles. The predicted octanol–water partition coefficient (Wildman–Crippen LogP) is 9.97. The fourth-order valence-electron chi connectivity index (χ4n) is 6.69. The van der Waals surface area contributed by atoms with Crippen molar-refractivity contribution < 1.29 is 44.2 Å². The molecule has 0 aromatic heterocycles. The highest BCUT2D eigenvalue weighted by atomic mass is 16.7. The van der Waals surface area contributed by atoms with Crippen molar-refractivity contribution in [3.63, 3.8) is 0 Å². The summed E-state index contributed by atoms with van der Waals surface area (Å²) in [4.78, 5) is 12.8. The van der Waals surface area contributed by atoms with Crippen LogP contribution in [0.2, 0.25) is 0 Å². The van der Waals surface area contributed by atoms with E-state index in [-0.39, 0.29) is 19.2 Å². The number of aliphatic hydroxyl groups excluding tert-OH is 4. The van der Waals surface area contributed by atoms with E-state index in [2.05, 4.69) is 50.3 Å². The third kappa shape index (κ3) is 29.3. The lowest BCUT2D eigenvalue weighted by atomic mass is 9.99. The van der Waals surface area contributed by atoms with Crippen LogP contribution in [0.15, 0.2) is 36.5 Å². The molecule has 0 aromatic rings. The highest BCUT2D eigenvalue weighted by Crippen LogP contribution is 2.22. The summed E-state index contributed by atoms with van der Waals surface area (Å²) < 4.78 is 22.8. The molecule has 0 bridgehead atoms. The lowest BCUT2D eigenvalue weighted by Gasteiger charge is -2.39. The van der Waals surface area contributed by atoms with Gasteiger partial charge in [-0.3, -0.25) is 4.79 Å². The smallest absolute Gasteiger partial charge is 0.306 e. The first-order valence-corrected chi connectivity index (χ1v) is 22.6. The molecule has 55 heavy (non-hydrogen) atoms. The standard InChI is InChI=1S/C46H84O9/c1-3-5-7-9-11-13-15-17-18-19-20-21-22-23-25-27-29-31-33-35-42(48)54-40(39-53-46-45(51)44(50)43(49)41(37-47)55-46)38-52-36-34-32-30-28-26-24-16-14-12-10-8-6-4-2/h11-14,17-18,40-41,43-47,49-51H,3-10,15-16,19-39H2,1-2H3/b13-11-,14-12-,18-17-. The average molecular weight is 781 g/mol. The summed E-state index contributed by atoms with van der Waals surface area (Å²) in [6.07, 6.45) is 37.3. The lowest BCUT2D eigenvalue weighted by molar-refractivity contribution is -0.305. The summed E-state index contributed by atoms with van der Waals surface area (Å²) in [5.41, 5.74) is 0. The first-order valence-electron chi connectivity index (χ1n) is 22.6. The van der Waals surface area contributed by atoms with Gasteiger partial charge in [0, 0.05) is 13.0 Å². The predicted molar refractivity (Wildman–Crippen MR) is 224 cm³/mol. The van der Waals surface area contributed by atoms with Gasteiger partial charge in [0.1, 0.15) is 30.5 Å². The number of allylic oxidation sites excluding steroid dienone is 6. The molecule has 0 spiro atoms. The van der Waals surface area contributed by atoms with Crippen molar-refractivity contribution in [1.29, 1.82) is 0 Å². The van der Waals surface area contributed by atoms with Gasteiger partial charge < -0.3 is 39.4 Å². The van der Waals surface area contributed by atoms with Crippen LogP contribution in [-0.2, 0) is 23.7 Å². The van der Waals surface area contributed by atoms with Crippen molar-refractivity contribution >= 4 is 5.97 Å². The third-order valence-electron chi connectivity index (χ3n) is 10.3. The van der Waals surface area contributed by atoms with Gasteiger partial charge in [-0.1, -0.05) is 147 Å². The summed E-state index contributed by atoms with van der Waals surface area (Å²) in [7, 11) is 0. The van der Waals surface area contributed by atoms with Gasteiger partial charge in [0.05, 0.1) is 19.8 Å². The minimum atomic E-state index is -1.54. The zero-order valence-electron chi connectivity index (χ0n) is 35.2. The van der Waals surface area contributed by atoms with E-state index in [9.17, 15) is 25.2 Å². The van der Waals surface area contributed by atoms with Crippen molar-refractivity contribution in [3.05, 3.63) is 36.5 Å². The van der Waals surface area contributed by atoms with Gasteiger partial charge in [0.15, 0.2) is 6.29 Å². The van der Waals surface area contributed by atoms with Gasteiger partial charge in [-0.15, -0.1) is 0 Å². The van der Waals surface area contributed by atoms with Crippen molar-refractivity contribution in [2.24, 2.45) is 0 Å². The van der Waals surface area contributed by atoms with Gasteiger partial charge in [-0.2, -0.15) is 0 Å². The van der Waals surface area contributed by atoms with E-state index < -0.39 is 43.4 Å². The van der Waals surface area contributed by atoms with Crippen LogP contribution in [0.25, 0.3) is 0 Å². The number of hydrogen-bond donors (Lipinski definition) is 4. The molecule has 0 saturated carbocycles. The monoisotopic (exact) mass is 781 g/mol. The molecular weight excluding hydrogens is 696 g/mol. The number of unbranched alkanes of at least 4 members (excludes halogenated alkanes) is 21. The van der Waals surface area contributed by atoms with Gasteiger partial charge in [-0.05, 0) is 70.6 Å². The minimum absolute atomic E-state index is 0.117. The average Bonchev–Trinajstić information content (AvgIpc) is 3.18. The normalized spacial score (nSPS) is 21.0. The van der Waals surface area contributed by atoms with Crippen LogP contribution in [0.3, 0.4) is 0 Å². The molecule has 1 fully saturated rings. The van der Waals surface area contributed by atoms with Crippen LogP contribution >= 0.6 is 0 Å². The highest BCUT2D eigenvalue weighted by Gasteiger charge is 2.44. The fraction of sp³-hybridized carbons (Fsp3) is 0.848. The molecule has 1 heterocycles. The Labute approximate surface area is 336 Å². The van der Waals surface area contributed by atoms with Crippen molar-refractivity contribution in [1.82, 2.24) is 0 Å². The van der Waals surface area contributed by atoms with E-state index in [0.717, 1.165) is 51.4 Å². The highest BCUT2D eigenvalue weighted by molar-refractivity contribution is 5.69. The number of carbonyl (C=O) groups is 1. The van der Waals surface area contributed by atoms with E-state index in [1.165, 1.54) is 116 Å². The first-order chi connectivity index (χ1) is 26.9. The Morgan fingerprint density at radius 3 is 1.58 bits per heavy atom. The Balaban J connectivity index is 2.26. The van der Waals surface area contributed by atoms with Crippen LogP contribution in [0.4, 0.5) is 0 Å². The minimum Gasteiger partial charge on any atom is -0.457 e. The molecule has 1 saturated heterocycles. The molecule has 9 heteroatoms. The van der Waals surface area contributed by atoms with Gasteiger partial charge in [-0.25, -0.2) is 0 Å². The van der Waals surface area contributed by atoms with Crippen LogP contribution in [0, 0.1) is 0 Å². The maximum absolute atomic E-state index is 12.8. The van der Waals surface area contributed by atoms with Crippen LogP contribution in [0.1, 0.15) is 187 Å². The van der Waals surface area contributed by atoms with Gasteiger partial charge in [0.25, 0.3) is 0 Å². The Kier molecular flexibility index (Phi) is 35.5. The molecule has 6 atom stereocenters. The molecule has 6 unspecified atom stereocenters. The van der Waals surface area contributed by atoms with Gasteiger partial charge in [0.2, 0.25) is 0 Å². The Morgan fingerprint density at radius 2 is 1.05 bits per heavy atom. The van der Waals surface area contributed by atoms with E-state index in [4.69, 9.17) is 18.9 Å². The maximum atomic E-state index is 12.8. The summed E-state index contributed by atoms with van der Waals surface area (Å²) in [6, 6.07) is 0. The zero-order valence-corrected chi connectivity index (χ0v) is 35.2. The van der Waals surface area contributed by atoms with E-state index in [0.29, 0.717) is 13.0 Å². The van der Waals surface area contributed by atoms with Crippen molar-refractivity contribution in [2.45, 2.75) is 224 Å². The summed E-state index contributed by atoms with van der Waals surface area (Å²) >= 11 is 0. The maximum Gasteiger partial charge on any atom is 0.306 e. The van der Waals surface area contributed by atoms with Crippen molar-refractivity contribution in [3.8, 4) is 0 Å². The number of carbonyl (C=O) groups excluding carboxylic acids is 1. The van der Waals surface area contributed by atoms with Crippen LogP contribution < -0.4 is 0 Å². The first kappa shape index (κ1) is 51.4. The van der Waals surface area contributed by atoms with E-state index in [1.807, 2.05) is 0 Å². The molecule has 322 valence electrons. The molecule has 0 radical (unpaired) electrons. The van der Waals surface area contributed by atoms with E-state index in [1.54, 1.807) is 0 Å². The second kappa shape index (κ2) is 38.0. The summed E-state index contributed by atoms with van der Waals surface area (Å²) in [5.74, 6) is -0.321.